The smallest absolute Gasteiger partial charge is 0.171 e. The summed E-state index contributed by atoms with van der Waals surface area (Å²) in [4.78, 5) is 4.35. The molecular weight excluding hydrogens is 248 g/mol. The van der Waals surface area contributed by atoms with Gasteiger partial charge in [-0.3, -0.25) is 4.98 Å². The van der Waals surface area contributed by atoms with Gasteiger partial charge in [0, 0.05) is 12.7 Å². The van der Waals surface area contributed by atoms with E-state index in [9.17, 15) is 5.11 Å². The van der Waals surface area contributed by atoms with Crippen molar-refractivity contribution in [1.82, 2.24) is 10.3 Å². The Balaban J connectivity index is 2.18. The van der Waals surface area contributed by atoms with Crippen LogP contribution in [0.1, 0.15) is 11.3 Å². The normalized spacial score (nSPS) is 16.9. The Labute approximate surface area is 118 Å². The molecule has 100 valence electrons. The van der Waals surface area contributed by atoms with E-state index in [1.54, 1.807) is 6.20 Å². The van der Waals surface area contributed by atoms with E-state index in [4.69, 9.17) is 0 Å². The van der Waals surface area contributed by atoms with Crippen LogP contribution in [0.2, 0.25) is 0 Å². The Morgan fingerprint density at radius 2 is 1.85 bits per heavy atom. The van der Waals surface area contributed by atoms with Crippen molar-refractivity contribution < 1.29 is 5.11 Å². The number of hydrogen-bond acceptors (Lipinski definition) is 3. The van der Waals surface area contributed by atoms with Gasteiger partial charge in [0.1, 0.15) is 0 Å². The molecule has 0 spiro atoms. The predicted molar refractivity (Wildman–Crippen MR) is 78.9 cm³/mol. The lowest BCUT2D eigenvalue weighted by molar-refractivity contribution is 0.108. The van der Waals surface area contributed by atoms with E-state index in [0.717, 1.165) is 11.3 Å². The third-order valence-electron chi connectivity index (χ3n) is 3.43. The van der Waals surface area contributed by atoms with Gasteiger partial charge in [-0.25, -0.2) is 0 Å². The maximum atomic E-state index is 11.4. The quantitative estimate of drug-likeness (QED) is 0.894. The fourth-order valence-corrected chi connectivity index (χ4v) is 2.41. The van der Waals surface area contributed by atoms with Crippen LogP contribution in [0, 0.1) is 0 Å². The zero-order chi connectivity index (χ0) is 13.8. The van der Waals surface area contributed by atoms with Crippen molar-refractivity contribution in [3.05, 3.63) is 89.9 Å². The molecule has 1 aliphatic rings. The number of hydrogen-bond donors (Lipinski definition) is 2. The number of rotatable bonds is 3. The molecule has 1 aliphatic heterocycles. The summed E-state index contributed by atoms with van der Waals surface area (Å²) in [5, 5.41) is 14.6. The van der Waals surface area contributed by atoms with Crippen LogP contribution in [0.25, 0.3) is 0 Å². The monoisotopic (exact) mass is 264 g/mol. The molecule has 0 bridgehead atoms. The fourth-order valence-electron chi connectivity index (χ4n) is 2.41. The number of pyridine rings is 1. The van der Waals surface area contributed by atoms with E-state index in [-0.39, 0.29) is 0 Å². The second kappa shape index (κ2) is 5.31. The highest BCUT2D eigenvalue weighted by Crippen LogP contribution is 2.34. The Morgan fingerprint density at radius 1 is 1.05 bits per heavy atom. The molecule has 3 nitrogen and oxygen atoms in total. The van der Waals surface area contributed by atoms with Gasteiger partial charge >= 0.3 is 0 Å². The number of aliphatic hydroxyl groups is 1. The first-order chi connectivity index (χ1) is 9.82. The number of nitrogens with one attached hydrogen (secondary N) is 1. The maximum absolute atomic E-state index is 11.4. The summed E-state index contributed by atoms with van der Waals surface area (Å²) < 4.78 is 0. The molecule has 2 heterocycles. The van der Waals surface area contributed by atoms with E-state index in [1.165, 1.54) is 0 Å². The molecule has 1 aromatic heterocycles. The van der Waals surface area contributed by atoms with Crippen LogP contribution >= 0.6 is 0 Å². The summed E-state index contributed by atoms with van der Waals surface area (Å²) in [5.41, 5.74) is 0.894. The van der Waals surface area contributed by atoms with Crippen LogP contribution in [0.5, 0.6) is 0 Å². The Kier molecular flexibility index (Phi) is 3.35. The van der Waals surface area contributed by atoms with E-state index in [2.05, 4.69) is 10.3 Å². The molecule has 20 heavy (non-hydrogen) atoms. The lowest BCUT2D eigenvalue weighted by Gasteiger charge is -2.32. The molecule has 3 rings (SSSR count). The highest BCUT2D eigenvalue weighted by molar-refractivity contribution is 5.43. The van der Waals surface area contributed by atoms with Crippen LogP contribution in [0.15, 0.2) is 78.7 Å². The molecule has 2 aromatic rings. The molecular formula is C17H16N2O. The van der Waals surface area contributed by atoms with Crippen molar-refractivity contribution in [2.45, 2.75) is 5.60 Å². The van der Waals surface area contributed by atoms with Crippen LogP contribution in [-0.4, -0.2) is 16.6 Å². The van der Waals surface area contributed by atoms with Gasteiger partial charge in [0.05, 0.1) is 11.4 Å². The van der Waals surface area contributed by atoms with Gasteiger partial charge in [-0.15, -0.1) is 0 Å². The second-order valence-corrected chi connectivity index (χ2v) is 4.68. The van der Waals surface area contributed by atoms with Gasteiger partial charge in [0.15, 0.2) is 5.60 Å². The molecule has 0 saturated heterocycles. The van der Waals surface area contributed by atoms with Gasteiger partial charge in [-0.2, -0.15) is 0 Å². The van der Waals surface area contributed by atoms with E-state index >= 15 is 0 Å². The van der Waals surface area contributed by atoms with Gasteiger partial charge < -0.3 is 10.4 Å². The Morgan fingerprint density at radius 3 is 2.50 bits per heavy atom. The molecule has 1 unspecified atom stereocenters. The lowest BCUT2D eigenvalue weighted by atomic mass is 9.85. The molecule has 0 amide bonds. The average Bonchev–Trinajstić information content (AvgIpc) is 2.56. The van der Waals surface area contributed by atoms with E-state index in [1.807, 2.05) is 66.8 Å². The van der Waals surface area contributed by atoms with Crippen LogP contribution in [0.4, 0.5) is 0 Å². The number of benzene rings is 1. The summed E-state index contributed by atoms with van der Waals surface area (Å²) in [6.45, 7) is 0.702. The summed E-state index contributed by atoms with van der Waals surface area (Å²) in [6, 6.07) is 15.2. The predicted octanol–water partition coefficient (Wildman–Crippen LogP) is 2.36. The van der Waals surface area contributed by atoms with Gasteiger partial charge in [-0.1, -0.05) is 48.6 Å². The standard InChI is InChI=1S/C17H16N2O/c20-17(14-8-2-1-3-9-14,15-10-4-6-12-18-15)16-11-5-7-13-19-16/h1-12,19-20H,13H2. The topological polar surface area (TPSA) is 45.1 Å². The minimum atomic E-state index is -1.26. The minimum absolute atomic E-state index is 0.611. The zero-order valence-electron chi connectivity index (χ0n) is 11.0. The second-order valence-electron chi connectivity index (χ2n) is 4.68. The summed E-state index contributed by atoms with van der Waals surface area (Å²) in [5.74, 6) is 0. The molecule has 0 aliphatic carbocycles. The molecule has 0 saturated carbocycles. The van der Waals surface area contributed by atoms with Gasteiger partial charge in [-0.05, 0) is 23.8 Å². The van der Waals surface area contributed by atoms with Crippen LogP contribution < -0.4 is 5.32 Å². The third kappa shape index (κ3) is 2.12. The summed E-state index contributed by atoms with van der Waals surface area (Å²) in [6.07, 6.45) is 7.55. The number of dihydropyridines is 1. The minimum Gasteiger partial charge on any atom is -0.382 e. The summed E-state index contributed by atoms with van der Waals surface area (Å²) in [7, 11) is 0. The zero-order valence-corrected chi connectivity index (χ0v) is 11.0. The third-order valence-corrected chi connectivity index (χ3v) is 3.43. The molecule has 0 radical (unpaired) electrons. The molecule has 1 atom stereocenters. The van der Waals surface area contributed by atoms with Crippen molar-refractivity contribution in [2.75, 3.05) is 6.54 Å². The first-order valence-corrected chi connectivity index (χ1v) is 6.62. The largest absolute Gasteiger partial charge is 0.382 e. The fraction of sp³-hybridized carbons (Fsp3) is 0.118. The van der Waals surface area contributed by atoms with E-state index in [0.29, 0.717) is 12.2 Å². The summed E-state index contributed by atoms with van der Waals surface area (Å²) >= 11 is 0. The Bertz CT molecular complexity index is 593. The van der Waals surface area contributed by atoms with Crippen molar-refractivity contribution in [1.29, 1.82) is 0 Å². The van der Waals surface area contributed by atoms with Gasteiger partial charge in [0.2, 0.25) is 0 Å². The lowest BCUT2D eigenvalue weighted by Crippen LogP contribution is -2.38. The first-order valence-electron chi connectivity index (χ1n) is 6.62. The van der Waals surface area contributed by atoms with Crippen LogP contribution in [0.3, 0.4) is 0 Å². The highest BCUT2D eigenvalue weighted by atomic mass is 16.3. The van der Waals surface area contributed by atoms with Crippen molar-refractivity contribution in [3.8, 4) is 0 Å². The molecule has 1 aromatic carbocycles. The molecule has 2 N–H and O–H groups in total. The number of aromatic nitrogens is 1. The molecule has 0 fully saturated rings. The number of nitrogens with zero attached hydrogens (tertiary/aromatic N) is 1. The van der Waals surface area contributed by atoms with Crippen molar-refractivity contribution in [2.24, 2.45) is 0 Å². The Hall–Kier alpha value is -2.39. The first kappa shape index (κ1) is 12.6. The van der Waals surface area contributed by atoms with Gasteiger partial charge in [0.25, 0.3) is 0 Å². The average molecular weight is 264 g/mol. The SMILES string of the molecule is OC(C1=CC=CCN1)(c1ccccc1)c1ccccn1. The maximum Gasteiger partial charge on any atom is 0.171 e. The molecule has 3 heteroatoms. The highest BCUT2D eigenvalue weighted by Gasteiger charge is 2.37. The number of allylic oxidation sites excluding steroid dienone is 2. The van der Waals surface area contributed by atoms with Crippen molar-refractivity contribution >= 4 is 0 Å². The van der Waals surface area contributed by atoms with Crippen LogP contribution in [-0.2, 0) is 5.60 Å². The van der Waals surface area contributed by atoms with Crippen molar-refractivity contribution in [3.63, 3.8) is 0 Å². The van der Waals surface area contributed by atoms with E-state index < -0.39 is 5.60 Å².